The lowest BCUT2D eigenvalue weighted by Crippen LogP contribution is -2.37. The molecular formula is C15H20Cl2N6. The average molecular weight is 355 g/mol. The van der Waals surface area contributed by atoms with Crippen LogP contribution in [0.25, 0.3) is 0 Å². The van der Waals surface area contributed by atoms with E-state index in [2.05, 4.69) is 25.8 Å². The molecule has 0 bridgehead atoms. The van der Waals surface area contributed by atoms with Gasteiger partial charge in [0.2, 0.25) is 0 Å². The lowest BCUT2D eigenvalue weighted by molar-refractivity contribution is 0.718. The predicted molar refractivity (Wildman–Crippen MR) is 93.9 cm³/mol. The van der Waals surface area contributed by atoms with Gasteiger partial charge in [0.25, 0.3) is 0 Å². The molecule has 1 aromatic heterocycles. The van der Waals surface area contributed by atoms with Crippen molar-refractivity contribution < 1.29 is 0 Å². The van der Waals surface area contributed by atoms with Crippen LogP contribution < -0.4 is 10.6 Å². The second kappa shape index (κ2) is 8.17. The second-order valence-corrected chi connectivity index (χ2v) is 5.85. The van der Waals surface area contributed by atoms with E-state index in [9.17, 15) is 0 Å². The normalized spacial score (nSPS) is 11.6. The van der Waals surface area contributed by atoms with Crippen LogP contribution in [0, 0.1) is 6.92 Å². The molecule has 0 spiro atoms. The average Bonchev–Trinajstić information content (AvgIpc) is 2.83. The first-order chi connectivity index (χ1) is 11.0. The Hall–Kier alpha value is -1.79. The number of aromatic nitrogens is 3. The van der Waals surface area contributed by atoms with Gasteiger partial charge in [-0.15, -0.1) is 10.2 Å². The smallest absolute Gasteiger partial charge is 0.191 e. The van der Waals surface area contributed by atoms with Crippen LogP contribution in [-0.4, -0.2) is 27.3 Å². The molecule has 2 rings (SSSR count). The summed E-state index contributed by atoms with van der Waals surface area (Å²) in [5.41, 5.74) is 0.919. The van der Waals surface area contributed by atoms with Crippen molar-refractivity contribution >= 4 is 29.2 Å². The number of rotatable bonds is 5. The fraction of sp³-hybridized carbons (Fsp3) is 0.400. The summed E-state index contributed by atoms with van der Waals surface area (Å²) in [7, 11) is 1.93. The Labute approximate surface area is 145 Å². The Morgan fingerprint density at radius 1 is 1.26 bits per heavy atom. The second-order valence-electron chi connectivity index (χ2n) is 5.01. The minimum Gasteiger partial charge on any atom is -0.357 e. The molecule has 0 fully saturated rings. The third-order valence-corrected chi connectivity index (χ3v) is 3.95. The number of hydrogen-bond donors (Lipinski definition) is 2. The summed E-state index contributed by atoms with van der Waals surface area (Å²) in [5, 5.41) is 15.8. The van der Waals surface area contributed by atoms with E-state index in [1.165, 1.54) is 0 Å². The summed E-state index contributed by atoms with van der Waals surface area (Å²) < 4.78 is 1.94. The molecule has 2 N–H and O–H groups in total. The molecule has 0 aliphatic rings. The standard InChI is InChI=1S/C15H20Cl2N6/c1-4-18-15(20-9-14-22-21-10(2)23(14)3)19-8-11-5-6-12(16)7-13(11)17/h5-7H,4,8-9H2,1-3H3,(H2,18,19,20). The minimum absolute atomic E-state index is 0.461. The molecule has 0 saturated heterocycles. The van der Waals surface area contributed by atoms with Crippen LogP contribution in [0.15, 0.2) is 23.2 Å². The van der Waals surface area contributed by atoms with Gasteiger partial charge in [-0.2, -0.15) is 0 Å². The van der Waals surface area contributed by atoms with Crippen LogP contribution >= 0.6 is 23.2 Å². The first kappa shape index (κ1) is 17.6. The summed E-state index contributed by atoms with van der Waals surface area (Å²) >= 11 is 12.1. The largest absolute Gasteiger partial charge is 0.357 e. The summed E-state index contributed by atoms with van der Waals surface area (Å²) in [4.78, 5) is 4.54. The monoisotopic (exact) mass is 354 g/mol. The molecule has 1 aromatic carbocycles. The molecule has 2 aromatic rings. The van der Waals surface area contributed by atoms with Gasteiger partial charge in [-0.3, -0.25) is 0 Å². The molecule has 124 valence electrons. The Morgan fingerprint density at radius 2 is 2.04 bits per heavy atom. The number of guanidine groups is 1. The van der Waals surface area contributed by atoms with Crippen LogP contribution in [0.3, 0.4) is 0 Å². The molecule has 0 amide bonds. The number of nitrogens with one attached hydrogen (secondary N) is 2. The number of aryl methyl sites for hydroxylation is 1. The highest BCUT2D eigenvalue weighted by molar-refractivity contribution is 6.35. The Bertz CT molecular complexity index is 695. The number of nitrogens with zero attached hydrogens (tertiary/aromatic N) is 4. The van der Waals surface area contributed by atoms with E-state index in [1.807, 2.05) is 31.5 Å². The first-order valence-electron chi connectivity index (χ1n) is 7.32. The van der Waals surface area contributed by atoms with Crippen molar-refractivity contribution in [3.63, 3.8) is 0 Å². The highest BCUT2D eigenvalue weighted by Crippen LogP contribution is 2.21. The molecule has 23 heavy (non-hydrogen) atoms. The predicted octanol–water partition coefficient (Wildman–Crippen LogP) is 2.69. The van der Waals surface area contributed by atoms with Gasteiger partial charge in [-0.05, 0) is 31.5 Å². The van der Waals surface area contributed by atoms with E-state index >= 15 is 0 Å². The van der Waals surface area contributed by atoms with Crippen molar-refractivity contribution in [1.82, 2.24) is 25.4 Å². The summed E-state index contributed by atoms with van der Waals surface area (Å²) in [6.45, 7) is 5.69. The summed E-state index contributed by atoms with van der Waals surface area (Å²) in [6, 6.07) is 5.40. The maximum atomic E-state index is 6.17. The van der Waals surface area contributed by atoms with E-state index in [1.54, 1.807) is 12.1 Å². The Balaban J connectivity index is 2.03. The van der Waals surface area contributed by atoms with Gasteiger partial charge in [0.05, 0.1) is 13.1 Å². The van der Waals surface area contributed by atoms with E-state index < -0.39 is 0 Å². The molecule has 1 heterocycles. The van der Waals surface area contributed by atoms with Gasteiger partial charge >= 0.3 is 0 Å². The molecule has 0 unspecified atom stereocenters. The van der Waals surface area contributed by atoms with Gasteiger partial charge < -0.3 is 15.2 Å². The summed E-state index contributed by atoms with van der Waals surface area (Å²) in [5.74, 6) is 2.41. The van der Waals surface area contributed by atoms with Crippen molar-refractivity contribution in [2.75, 3.05) is 6.54 Å². The zero-order chi connectivity index (χ0) is 16.8. The maximum Gasteiger partial charge on any atom is 0.191 e. The topological polar surface area (TPSA) is 67.1 Å². The fourth-order valence-electron chi connectivity index (χ4n) is 1.92. The van der Waals surface area contributed by atoms with Crippen molar-refractivity contribution in [3.05, 3.63) is 45.5 Å². The third-order valence-electron chi connectivity index (χ3n) is 3.36. The van der Waals surface area contributed by atoms with Gasteiger partial charge in [-0.1, -0.05) is 29.3 Å². The zero-order valence-corrected chi connectivity index (χ0v) is 14.9. The van der Waals surface area contributed by atoms with E-state index in [0.717, 1.165) is 23.8 Å². The van der Waals surface area contributed by atoms with Gasteiger partial charge in [-0.25, -0.2) is 4.99 Å². The summed E-state index contributed by atoms with van der Waals surface area (Å²) in [6.07, 6.45) is 0. The van der Waals surface area contributed by atoms with E-state index in [-0.39, 0.29) is 0 Å². The SMILES string of the molecule is CCNC(=NCc1ccc(Cl)cc1Cl)NCc1nnc(C)n1C. The lowest BCUT2D eigenvalue weighted by atomic mass is 10.2. The molecule has 0 aliphatic carbocycles. The molecule has 8 heteroatoms. The van der Waals surface area contributed by atoms with Crippen LogP contribution in [0.2, 0.25) is 10.0 Å². The molecule has 0 atom stereocenters. The Morgan fingerprint density at radius 3 is 2.65 bits per heavy atom. The van der Waals surface area contributed by atoms with Crippen molar-refractivity contribution in [3.8, 4) is 0 Å². The highest BCUT2D eigenvalue weighted by Gasteiger charge is 2.06. The lowest BCUT2D eigenvalue weighted by Gasteiger charge is -2.11. The van der Waals surface area contributed by atoms with Crippen LogP contribution in [0.1, 0.15) is 24.1 Å². The molecule has 0 aliphatic heterocycles. The first-order valence-corrected chi connectivity index (χ1v) is 8.07. The quantitative estimate of drug-likeness (QED) is 0.639. The van der Waals surface area contributed by atoms with Crippen LogP contribution in [-0.2, 0) is 20.1 Å². The van der Waals surface area contributed by atoms with Crippen LogP contribution in [0.4, 0.5) is 0 Å². The molecule has 0 radical (unpaired) electrons. The van der Waals surface area contributed by atoms with Crippen LogP contribution in [0.5, 0.6) is 0 Å². The number of aliphatic imine (C=N–C) groups is 1. The van der Waals surface area contributed by atoms with Gasteiger partial charge in [0.1, 0.15) is 5.82 Å². The molecular weight excluding hydrogens is 335 g/mol. The van der Waals surface area contributed by atoms with Crippen molar-refractivity contribution in [2.45, 2.75) is 26.9 Å². The van der Waals surface area contributed by atoms with E-state index in [0.29, 0.717) is 29.1 Å². The highest BCUT2D eigenvalue weighted by atomic mass is 35.5. The van der Waals surface area contributed by atoms with E-state index in [4.69, 9.17) is 23.2 Å². The maximum absolute atomic E-state index is 6.17. The molecule has 6 nitrogen and oxygen atoms in total. The van der Waals surface area contributed by atoms with Crippen molar-refractivity contribution in [2.24, 2.45) is 12.0 Å². The number of hydrogen-bond acceptors (Lipinski definition) is 3. The minimum atomic E-state index is 0.461. The Kier molecular flexibility index (Phi) is 6.24. The van der Waals surface area contributed by atoms with Crippen molar-refractivity contribution in [1.29, 1.82) is 0 Å². The van der Waals surface area contributed by atoms with Gasteiger partial charge in [0, 0.05) is 23.6 Å². The van der Waals surface area contributed by atoms with Gasteiger partial charge in [0.15, 0.2) is 11.8 Å². The fourth-order valence-corrected chi connectivity index (χ4v) is 2.39. The number of halogens is 2. The third kappa shape index (κ3) is 4.84. The molecule has 0 saturated carbocycles. The number of benzene rings is 1. The zero-order valence-electron chi connectivity index (χ0n) is 13.4.